The van der Waals surface area contributed by atoms with Crippen molar-refractivity contribution >= 4 is 11.9 Å². The Kier molecular flexibility index (Phi) is 11.5. The average molecular weight is 643 g/mol. The van der Waals surface area contributed by atoms with Crippen LogP contribution in [0, 0.1) is 37.9 Å². The molecule has 0 saturated carbocycles. The number of aliphatic carboxylic acids is 1. The number of hydrogen-bond donors (Lipinski definition) is 2. The molecule has 0 aliphatic carbocycles. The van der Waals surface area contributed by atoms with Crippen molar-refractivity contribution in [3.63, 3.8) is 0 Å². The van der Waals surface area contributed by atoms with Crippen LogP contribution in [0.1, 0.15) is 72.3 Å². The van der Waals surface area contributed by atoms with Gasteiger partial charge >= 0.3 is 12.1 Å². The minimum Gasteiger partial charge on any atom is -0.481 e. The van der Waals surface area contributed by atoms with Gasteiger partial charge in [0.2, 0.25) is 5.91 Å². The molecule has 0 fully saturated rings. The maximum atomic E-state index is 14.1. The van der Waals surface area contributed by atoms with E-state index in [9.17, 15) is 37.1 Å². The fraction of sp³-hybridized carbons (Fsp3) is 0.412. The van der Waals surface area contributed by atoms with Gasteiger partial charge in [0, 0.05) is 30.6 Å². The highest BCUT2D eigenvalue weighted by molar-refractivity contribution is 5.82. The predicted molar refractivity (Wildman–Crippen MR) is 167 cm³/mol. The molecule has 2 N–H and O–H groups in total. The van der Waals surface area contributed by atoms with Crippen LogP contribution in [0.2, 0.25) is 0 Å². The monoisotopic (exact) mass is 642 g/mol. The Morgan fingerprint density at radius 2 is 1.76 bits per heavy atom. The van der Waals surface area contributed by atoms with Crippen LogP contribution in [0.3, 0.4) is 0 Å². The second-order valence-corrected chi connectivity index (χ2v) is 12.0. The van der Waals surface area contributed by atoms with Gasteiger partial charge in [-0.25, -0.2) is 9.37 Å². The van der Waals surface area contributed by atoms with Crippen molar-refractivity contribution in [2.75, 3.05) is 20.6 Å². The molecule has 0 saturated heterocycles. The minimum atomic E-state index is -4.78. The van der Waals surface area contributed by atoms with Gasteiger partial charge in [-0.2, -0.15) is 13.2 Å². The van der Waals surface area contributed by atoms with Crippen molar-refractivity contribution in [3.8, 4) is 23.5 Å². The van der Waals surface area contributed by atoms with Crippen LogP contribution in [0.25, 0.3) is 11.1 Å². The Hall–Kier alpha value is -4.50. The van der Waals surface area contributed by atoms with Gasteiger partial charge in [0.05, 0.1) is 18.0 Å². The highest BCUT2D eigenvalue weighted by atomic mass is 19.4. The molecule has 2 atom stereocenters. The number of carbonyl (C=O) groups is 2. The second-order valence-electron chi connectivity index (χ2n) is 12.0. The summed E-state index contributed by atoms with van der Waals surface area (Å²) in [4.78, 5) is 45.0. The molecule has 8 nitrogen and oxygen atoms in total. The normalized spacial score (nSPS) is 13.0. The number of terminal acetylenes is 1. The smallest absolute Gasteiger partial charge is 0.416 e. The first-order chi connectivity index (χ1) is 21.4. The van der Waals surface area contributed by atoms with Crippen molar-refractivity contribution in [3.05, 3.63) is 86.3 Å². The SMILES string of the molecule is C#Cc1ncc([C@@H](CC(=O)O)NC(=O)[C@@H](CC(C)C)n2cc(CCN(C)C)c(C(F)(F)F)cc2=O)cc1-c1c(C)cc(F)cc1C. The molecule has 0 unspecified atom stereocenters. The number of likely N-dealkylation sites (N-methyl/N-ethyl adjacent to an activating group) is 1. The number of carboxylic acid groups (broad SMARTS) is 1. The van der Waals surface area contributed by atoms with Crippen molar-refractivity contribution in [2.24, 2.45) is 5.92 Å². The second kappa shape index (κ2) is 14.7. The molecule has 1 amide bonds. The third kappa shape index (κ3) is 8.81. The zero-order chi connectivity index (χ0) is 34.5. The molecule has 0 bridgehead atoms. The maximum Gasteiger partial charge on any atom is 0.416 e. The lowest BCUT2D eigenvalue weighted by molar-refractivity contribution is -0.139. The minimum absolute atomic E-state index is 0.0298. The van der Waals surface area contributed by atoms with Crippen molar-refractivity contribution in [1.29, 1.82) is 0 Å². The molecular weight excluding hydrogens is 604 g/mol. The third-order valence-corrected chi connectivity index (χ3v) is 7.54. The molecule has 2 heterocycles. The summed E-state index contributed by atoms with van der Waals surface area (Å²) in [7, 11) is 3.41. The number of halogens is 4. The first-order valence-electron chi connectivity index (χ1n) is 14.7. The van der Waals surface area contributed by atoms with Crippen LogP contribution in [0.15, 0.2) is 41.5 Å². The van der Waals surface area contributed by atoms with E-state index in [1.165, 1.54) is 18.3 Å². The number of carboxylic acids is 1. The molecule has 0 radical (unpaired) electrons. The lowest BCUT2D eigenvalue weighted by atomic mass is 9.92. The number of aryl methyl sites for hydroxylation is 2. The van der Waals surface area contributed by atoms with Gasteiger partial charge in [-0.05, 0) is 98.6 Å². The predicted octanol–water partition coefficient (Wildman–Crippen LogP) is 5.69. The van der Waals surface area contributed by atoms with Gasteiger partial charge in [-0.15, -0.1) is 6.42 Å². The van der Waals surface area contributed by atoms with Crippen molar-refractivity contribution < 1.29 is 32.3 Å². The number of nitrogens with zero attached hydrogens (tertiary/aromatic N) is 3. The molecule has 0 aliphatic rings. The van der Waals surface area contributed by atoms with Crippen LogP contribution in [-0.2, 0) is 22.2 Å². The van der Waals surface area contributed by atoms with Crippen LogP contribution >= 0.6 is 0 Å². The molecule has 2 aromatic heterocycles. The third-order valence-electron chi connectivity index (χ3n) is 7.54. The van der Waals surface area contributed by atoms with Crippen molar-refractivity contribution in [1.82, 2.24) is 19.8 Å². The van der Waals surface area contributed by atoms with Crippen LogP contribution in [0.4, 0.5) is 17.6 Å². The number of pyridine rings is 2. The Morgan fingerprint density at radius 1 is 1.13 bits per heavy atom. The summed E-state index contributed by atoms with van der Waals surface area (Å²) >= 11 is 0. The first kappa shape index (κ1) is 36.0. The molecule has 246 valence electrons. The van der Waals surface area contributed by atoms with Gasteiger partial charge in [-0.1, -0.05) is 13.8 Å². The van der Waals surface area contributed by atoms with E-state index in [1.54, 1.807) is 52.8 Å². The van der Waals surface area contributed by atoms with E-state index < -0.39 is 53.5 Å². The number of carbonyl (C=O) groups excluding carboxylic acids is 1. The Morgan fingerprint density at radius 3 is 2.28 bits per heavy atom. The van der Waals surface area contributed by atoms with E-state index in [1.807, 2.05) is 0 Å². The van der Waals surface area contributed by atoms with Crippen LogP contribution < -0.4 is 10.9 Å². The van der Waals surface area contributed by atoms with E-state index in [4.69, 9.17) is 6.42 Å². The van der Waals surface area contributed by atoms with E-state index in [0.717, 1.165) is 10.8 Å². The largest absolute Gasteiger partial charge is 0.481 e. The summed E-state index contributed by atoms with van der Waals surface area (Å²) in [5.74, 6) is -0.126. The number of nitrogens with one attached hydrogen (secondary N) is 1. The molecule has 0 aliphatic heterocycles. The number of rotatable bonds is 12. The van der Waals surface area contributed by atoms with E-state index in [2.05, 4.69) is 16.2 Å². The van der Waals surface area contributed by atoms with Crippen LogP contribution in [-0.4, -0.2) is 52.1 Å². The lowest BCUT2D eigenvalue weighted by Gasteiger charge is -2.26. The number of amides is 1. The maximum absolute atomic E-state index is 14.1. The number of aromatic nitrogens is 2. The highest BCUT2D eigenvalue weighted by Gasteiger charge is 2.36. The van der Waals surface area contributed by atoms with Gasteiger partial charge < -0.3 is 19.9 Å². The zero-order valence-electron chi connectivity index (χ0n) is 26.6. The lowest BCUT2D eigenvalue weighted by Crippen LogP contribution is -2.40. The van der Waals surface area contributed by atoms with Gasteiger partial charge in [-0.3, -0.25) is 14.4 Å². The van der Waals surface area contributed by atoms with Crippen molar-refractivity contribution in [2.45, 2.75) is 65.2 Å². The zero-order valence-corrected chi connectivity index (χ0v) is 26.6. The van der Waals surface area contributed by atoms with Gasteiger partial charge in [0.1, 0.15) is 17.6 Å². The summed E-state index contributed by atoms with van der Waals surface area (Å²) in [5, 5.41) is 12.4. The summed E-state index contributed by atoms with van der Waals surface area (Å²) in [6.45, 7) is 7.23. The Labute approximate surface area is 265 Å². The fourth-order valence-corrected chi connectivity index (χ4v) is 5.44. The molecule has 12 heteroatoms. The quantitative estimate of drug-likeness (QED) is 0.194. The van der Waals surface area contributed by atoms with Gasteiger partial charge in [0.25, 0.3) is 5.56 Å². The molecule has 46 heavy (non-hydrogen) atoms. The molecule has 1 aromatic carbocycles. The first-order valence-corrected chi connectivity index (χ1v) is 14.7. The summed E-state index contributed by atoms with van der Waals surface area (Å²) in [6, 6.07) is 2.35. The summed E-state index contributed by atoms with van der Waals surface area (Å²) < 4.78 is 56.7. The average Bonchev–Trinajstić information content (AvgIpc) is 2.93. The van der Waals surface area contributed by atoms with Crippen LogP contribution in [0.5, 0.6) is 0 Å². The van der Waals surface area contributed by atoms with E-state index >= 15 is 0 Å². The summed E-state index contributed by atoms with van der Waals surface area (Å²) in [6.07, 6.45) is 2.81. The fourth-order valence-electron chi connectivity index (χ4n) is 5.44. The molecular formula is C34H38F4N4O4. The summed E-state index contributed by atoms with van der Waals surface area (Å²) in [5.41, 5.74) is 0.442. The molecule has 3 rings (SSSR count). The Balaban J connectivity index is 2.13. The standard InChI is InChI=1S/C34H38F4N4O4/c1-8-27-25(32-20(4)12-24(35)13-21(32)5)14-23(17-39-27)28(16-31(44)45)40-33(46)29(11-19(2)3)42-18-22(9-10-41(6)7)26(15-30(42)43)34(36,37)38/h1,12-15,17-19,28-29H,9-11,16H2,2-7H3,(H,40,46)(H,44,45)/t28-,29-/m1/s1. The highest BCUT2D eigenvalue weighted by Crippen LogP contribution is 2.34. The number of hydrogen-bond acceptors (Lipinski definition) is 5. The molecule has 3 aromatic rings. The van der Waals surface area contributed by atoms with E-state index in [-0.39, 0.29) is 42.1 Å². The Bertz CT molecular complexity index is 1680. The number of alkyl halides is 3. The number of benzene rings is 1. The van der Waals surface area contributed by atoms with E-state index in [0.29, 0.717) is 28.3 Å². The van der Waals surface area contributed by atoms with Gasteiger partial charge in [0.15, 0.2) is 0 Å². The topological polar surface area (TPSA) is 105 Å². The molecule has 0 spiro atoms.